The second-order valence-electron chi connectivity index (χ2n) is 9.61. The highest BCUT2D eigenvalue weighted by Gasteiger charge is 2.62. The third kappa shape index (κ3) is 1.14. The SMILES string of the molecule is CC12C=C(C3=CC4CCC3(C)C4(C)C)C(CC1)C2(C)C. The van der Waals surface area contributed by atoms with E-state index in [4.69, 9.17) is 0 Å². The van der Waals surface area contributed by atoms with Crippen LogP contribution in [0.3, 0.4) is 0 Å². The minimum absolute atomic E-state index is 0.431. The van der Waals surface area contributed by atoms with Gasteiger partial charge in [-0.25, -0.2) is 0 Å². The molecule has 0 nitrogen and oxygen atoms in total. The Hall–Kier alpha value is -0.520. The summed E-state index contributed by atoms with van der Waals surface area (Å²) in [6.07, 6.45) is 11.0. The predicted molar refractivity (Wildman–Crippen MR) is 85.4 cm³/mol. The minimum atomic E-state index is 0.431. The number of rotatable bonds is 1. The van der Waals surface area contributed by atoms with Gasteiger partial charge in [-0.2, -0.15) is 0 Å². The summed E-state index contributed by atoms with van der Waals surface area (Å²) in [5, 5.41) is 0. The standard InChI is InChI=1S/C20H30/c1-17(2)13-7-10-20(17,6)16(11-13)14-12-19(5)9-8-15(14)18(19,3)4/h11-13,15H,7-10H2,1-6H3. The van der Waals surface area contributed by atoms with Crippen LogP contribution in [0.25, 0.3) is 0 Å². The molecule has 0 aromatic carbocycles. The fourth-order valence-corrected chi connectivity index (χ4v) is 6.15. The lowest BCUT2D eigenvalue weighted by molar-refractivity contribution is 0.164. The van der Waals surface area contributed by atoms with Gasteiger partial charge in [0, 0.05) is 0 Å². The highest BCUT2D eigenvalue weighted by molar-refractivity contribution is 5.51. The smallest absolute Gasteiger partial charge is 0.00186 e. The summed E-state index contributed by atoms with van der Waals surface area (Å²) in [6, 6.07) is 0. The van der Waals surface area contributed by atoms with Crippen molar-refractivity contribution in [3.8, 4) is 0 Å². The lowest BCUT2D eigenvalue weighted by Crippen LogP contribution is -2.32. The van der Waals surface area contributed by atoms with Crippen LogP contribution < -0.4 is 0 Å². The molecule has 4 rings (SSSR count). The van der Waals surface area contributed by atoms with Crippen LogP contribution in [0.5, 0.6) is 0 Å². The van der Waals surface area contributed by atoms with E-state index < -0.39 is 0 Å². The molecule has 2 saturated carbocycles. The van der Waals surface area contributed by atoms with Gasteiger partial charge in [-0.3, -0.25) is 0 Å². The van der Waals surface area contributed by atoms with E-state index in [-0.39, 0.29) is 0 Å². The zero-order chi connectivity index (χ0) is 14.6. The molecule has 0 amide bonds. The summed E-state index contributed by atoms with van der Waals surface area (Å²) in [4.78, 5) is 0. The fourth-order valence-electron chi connectivity index (χ4n) is 6.15. The van der Waals surface area contributed by atoms with Crippen LogP contribution in [0.1, 0.15) is 67.2 Å². The van der Waals surface area contributed by atoms with Crippen LogP contribution in [0.15, 0.2) is 23.3 Å². The monoisotopic (exact) mass is 270 g/mol. The zero-order valence-corrected chi connectivity index (χ0v) is 14.1. The van der Waals surface area contributed by atoms with Crippen molar-refractivity contribution in [1.29, 1.82) is 0 Å². The molecule has 4 aliphatic carbocycles. The van der Waals surface area contributed by atoms with Gasteiger partial charge in [-0.1, -0.05) is 53.7 Å². The maximum absolute atomic E-state index is 2.69. The van der Waals surface area contributed by atoms with Crippen molar-refractivity contribution in [2.75, 3.05) is 0 Å². The molecule has 0 saturated heterocycles. The number of fused-ring (bicyclic) bond motifs is 4. The lowest BCUT2D eigenvalue weighted by Gasteiger charge is -2.40. The number of hydrogen-bond donors (Lipinski definition) is 0. The van der Waals surface area contributed by atoms with Crippen LogP contribution in [0.2, 0.25) is 0 Å². The molecule has 20 heavy (non-hydrogen) atoms. The summed E-state index contributed by atoms with van der Waals surface area (Å²) < 4.78 is 0. The lowest BCUT2D eigenvalue weighted by atomic mass is 9.64. The first-order valence-corrected chi connectivity index (χ1v) is 8.59. The van der Waals surface area contributed by atoms with Gasteiger partial charge >= 0.3 is 0 Å². The molecule has 0 heterocycles. The van der Waals surface area contributed by atoms with Gasteiger partial charge in [0.2, 0.25) is 0 Å². The molecule has 0 N–H and O–H groups in total. The normalized spacial score (nSPS) is 50.5. The van der Waals surface area contributed by atoms with Gasteiger partial charge in [-0.15, -0.1) is 0 Å². The molecule has 4 atom stereocenters. The van der Waals surface area contributed by atoms with Crippen LogP contribution in [0, 0.1) is 33.5 Å². The Morgan fingerprint density at radius 3 is 2.00 bits per heavy atom. The van der Waals surface area contributed by atoms with E-state index in [2.05, 4.69) is 53.7 Å². The maximum Gasteiger partial charge on any atom is -0.00186 e. The Balaban J connectivity index is 1.81. The highest BCUT2D eigenvalue weighted by Crippen LogP contribution is 2.72. The largest absolute Gasteiger partial charge is 0.0768 e. The molecule has 4 aliphatic rings. The molecule has 0 spiro atoms. The summed E-state index contributed by atoms with van der Waals surface area (Å²) >= 11 is 0. The zero-order valence-electron chi connectivity index (χ0n) is 14.1. The van der Waals surface area contributed by atoms with Crippen molar-refractivity contribution in [3.05, 3.63) is 23.3 Å². The molecule has 110 valence electrons. The van der Waals surface area contributed by atoms with Gasteiger partial charge in [-0.05, 0) is 70.3 Å². The van der Waals surface area contributed by atoms with E-state index in [0.717, 1.165) is 11.8 Å². The molecule has 0 aliphatic heterocycles. The third-order valence-corrected chi connectivity index (χ3v) is 8.72. The second kappa shape index (κ2) is 3.28. The Bertz CT molecular complexity index is 544. The van der Waals surface area contributed by atoms with Gasteiger partial charge in [0.05, 0.1) is 0 Å². The molecule has 0 aromatic rings. The molecule has 4 bridgehead atoms. The predicted octanol–water partition coefficient (Wildman–Crippen LogP) is 5.75. The average molecular weight is 270 g/mol. The average Bonchev–Trinajstić information content (AvgIpc) is 2.87. The first-order valence-electron chi connectivity index (χ1n) is 8.59. The van der Waals surface area contributed by atoms with Gasteiger partial charge in [0.15, 0.2) is 0 Å². The Kier molecular flexibility index (Phi) is 2.16. The summed E-state index contributed by atoms with van der Waals surface area (Å²) in [6.45, 7) is 15.1. The third-order valence-electron chi connectivity index (χ3n) is 8.72. The Morgan fingerprint density at radius 2 is 1.60 bits per heavy atom. The van der Waals surface area contributed by atoms with Gasteiger partial charge in [0.1, 0.15) is 0 Å². The Labute approximate surface area is 124 Å². The van der Waals surface area contributed by atoms with Crippen molar-refractivity contribution in [3.63, 3.8) is 0 Å². The molecule has 2 fully saturated rings. The Morgan fingerprint density at radius 1 is 0.900 bits per heavy atom. The van der Waals surface area contributed by atoms with Crippen molar-refractivity contribution in [2.45, 2.75) is 67.2 Å². The van der Waals surface area contributed by atoms with Crippen LogP contribution in [-0.2, 0) is 0 Å². The first-order chi connectivity index (χ1) is 9.13. The van der Waals surface area contributed by atoms with E-state index in [1.165, 1.54) is 25.7 Å². The van der Waals surface area contributed by atoms with Gasteiger partial charge < -0.3 is 0 Å². The van der Waals surface area contributed by atoms with Crippen LogP contribution in [0.4, 0.5) is 0 Å². The fraction of sp³-hybridized carbons (Fsp3) is 0.800. The molecular formula is C20H30. The molecule has 0 aromatic heterocycles. The van der Waals surface area contributed by atoms with E-state index >= 15 is 0 Å². The van der Waals surface area contributed by atoms with E-state index in [0.29, 0.717) is 21.7 Å². The summed E-state index contributed by atoms with van der Waals surface area (Å²) in [5.74, 6) is 1.63. The molecular weight excluding hydrogens is 240 g/mol. The maximum atomic E-state index is 2.69. The number of hydrogen-bond acceptors (Lipinski definition) is 0. The molecule has 4 unspecified atom stereocenters. The van der Waals surface area contributed by atoms with Crippen molar-refractivity contribution in [1.82, 2.24) is 0 Å². The molecule has 0 radical (unpaired) electrons. The highest BCUT2D eigenvalue weighted by atomic mass is 14.7. The summed E-state index contributed by atoms with van der Waals surface area (Å²) in [7, 11) is 0. The van der Waals surface area contributed by atoms with Crippen molar-refractivity contribution < 1.29 is 0 Å². The van der Waals surface area contributed by atoms with Crippen molar-refractivity contribution in [2.24, 2.45) is 33.5 Å². The molecule has 0 heteroatoms. The van der Waals surface area contributed by atoms with Crippen molar-refractivity contribution >= 4 is 0 Å². The minimum Gasteiger partial charge on any atom is -0.0768 e. The quantitative estimate of drug-likeness (QED) is 0.569. The van der Waals surface area contributed by atoms with Crippen LogP contribution >= 0.6 is 0 Å². The van der Waals surface area contributed by atoms with Crippen LogP contribution in [-0.4, -0.2) is 0 Å². The second-order valence-corrected chi connectivity index (χ2v) is 9.61. The van der Waals surface area contributed by atoms with Gasteiger partial charge in [0.25, 0.3) is 0 Å². The first kappa shape index (κ1) is 13.2. The topological polar surface area (TPSA) is 0 Å². The van der Waals surface area contributed by atoms with E-state index in [1.807, 2.05) is 0 Å². The number of allylic oxidation sites excluding steroid dienone is 4. The van der Waals surface area contributed by atoms with E-state index in [1.54, 1.807) is 11.1 Å². The van der Waals surface area contributed by atoms with E-state index in [9.17, 15) is 0 Å². The summed E-state index contributed by atoms with van der Waals surface area (Å²) in [5.41, 5.74) is 5.31.